The van der Waals surface area contributed by atoms with Gasteiger partial charge in [-0.25, -0.2) is 0 Å². The Morgan fingerprint density at radius 3 is 2.23 bits per heavy atom. The molecule has 0 amide bonds. The molecule has 0 saturated heterocycles. The molecule has 2 aromatic heterocycles. The predicted octanol–water partition coefficient (Wildman–Crippen LogP) is 6.13. The van der Waals surface area contributed by atoms with Crippen LogP contribution in [-0.2, 0) is 11.2 Å². The number of hydrogen-bond donors (Lipinski definition) is 0. The van der Waals surface area contributed by atoms with Gasteiger partial charge in [0, 0.05) is 22.6 Å². The van der Waals surface area contributed by atoms with Crippen molar-refractivity contribution in [3.8, 4) is 17.1 Å². The Hall–Kier alpha value is -2.86. The van der Waals surface area contributed by atoms with E-state index >= 15 is 0 Å². The first kappa shape index (κ1) is 20.4. The molecule has 4 aromatic rings. The smallest absolute Gasteiger partial charge is 0.196 e. The van der Waals surface area contributed by atoms with Crippen LogP contribution in [0.25, 0.3) is 17.1 Å². The van der Waals surface area contributed by atoms with Crippen molar-refractivity contribution in [3.05, 3.63) is 77.2 Å². The van der Waals surface area contributed by atoms with E-state index in [9.17, 15) is 0 Å². The van der Waals surface area contributed by atoms with Gasteiger partial charge >= 0.3 is 0 Å². The Morgan fingerprint density at radius 2 is 1.63 bits per heavy atom. The topological polar surface area (TPSA) is 56.7 Å². The highest BCUT2D eigenvalue weighted by molar-refractivity contribution is 7.98. The lowest BCUT2D eigenvalue weighted by atomic mass is 9.87. The monoisotopic (exact) mass is 418 g/mol. The lowest BCUT2D eigenvalue weighted by molar-refractivity contribution is 0.392. The summed E-state index contributed by atoms with van der Waals surface area (Å²) < 4.78 is 7.43. The fourth-order valence-electron chi connectivity index (χ4n) is 3.32. The molecule has 5 nitrogen and oxygen atoms in total. The predicted molar refractivity (Wildman–Crippen MR) is 121 cm³/mol. The largest absolute Gasteiger partial charge is 0.361 e. The first-order valence-electron chi connectivity index (χ1n) is 10.0. The van der Waals surface area contributed by atoms with E-state index in [0.29, 0.717) is 0 Å². The molecule has 0 radical (unpaired) electrons. The summed E-state index contributed by atoms with van der Waals surface area (Å²) in [5.41, 5.74) is 5.52. The highest BCUT2D eigenvalue weighted by atomic mass is 32.2. The summed E-state index contributed by atoms with van der Waals surface area (Å²) in [7, 11) is 0. The van der Waals surface area contributed by atoms with Gasteiger partial charge in [0.2, 0.25) is 0 Å². The molecule has 0 aliphatic heterocycles. The molecule has 0 bridgehead atoms. The third-order valence-electron chi connectivity index (χ3n) is 5.18. The van der Waals surface area contributed by atoms with E-state index in [1.165, 1.54) is 5.56 Å². The minimum Gasteiger partial charge on any atom is -0.361 e. The minimum atomic E-state index is 0.112. The van der Waals surface area contributed by atoms with Crippen LogP contribution in [0.3, 0.4) is 0 Å². The molecule has 0 N–H and O–H groups in total. The van der Waals surface area contributed by atoms with E-state index in [1.807, 2.05) is 32.0 Å². The van der Waals surface area contributed by atoms with Gasteiger partial charge in [0.05, 0.1) is 5.69 Å². The van der Waals surface area contributed by atoms with Crippen molar-refractivity contribution >= 4 is 11.8 Å². The second-order valence-electron chi connectivity index (χ2n) is 8.40. The van der Waals surface area contributed by atoms with E-state index in [-0.39, 0.29) is 5.41 Å². The second kappa shape index (κ2) is 8.11. The molecule has 0 aliphatic carbocycles. The summed E-state index contributed by atoms with van der Waals surface area (Å²) in [5.74, 6) is 2.42. The Labute approximate surface area is 181 Å². The number of aromatic nitrogens is 4. The molecule has 2 heterocycles. The molecule has 0 fully saturated rings. The van der Waals surface area contributed by atoms with Crippen molar-refractivity contribution < 1.29 is 4.52 Å². The standard InChI is InChI=1S/C24H26N4OS/c1-16-21(17(2)29-27-16)15-30-23-26-25-22(28(23)20-9-7-6-8-10-20)18-11-13-19(14-12-18)24(3,4)5/h6-14H,15H2,1-5H3. The molecule has 30 heavy (non-hydrogen) atoms. The molecule has 0 saturated carbocycles. The van der Waals surface area contributed by atoms with E-state index < -0.39 is 0 Å². The second-order valence-corrected chi connectivity index (χ2v) is 9.34. The number of para-hydroxylation sites is 1. The van der Waals surface area contributed by atoms with Crippen molar-refractivity contribution in [1.82, 2.24) is 19.9 Å². The first-order valence-corrected chi connectivity index (χ1v) is 11.0. The van der Waals surface area contributed by atoms with Gasteiger partial charge in [0.25, 0.3) is 0 Å². The molecule has 154 valence electrons. The highest BCUT2D eigenvalue weighted by Crippen LogP contribution is 2.32. The zero-order chi connectivity index (χ0) is 21.3. The number of rotatable bonds is 5. The van der Waals surface area contributed by atoms with Gasteiger partial charge in [0.15, 0.2) is 11.0 Å². The van der Waals surface area contributed by atoms with E-state index in [4.69, 9.17) is 4.52 Å². The summed E-state index contributed by atoms with van der Waals surface area (Å²) in [6, 6.07) is 18.9. The summed E-state index contributed by atoms with van der Waals surface area (Å²) in [5, 5.41) is 14.0. The van der Waals surface area contributed by atoms with E-state index in [1.54, 1.807) is 11.8 Å². The summed E-state index contributed by atoms with van der Waals surface area (Å²) >= 11 is 1.64. The third-order valence-corrected chi connectivity index (χ3v) is 6.14. The van der Waals surface area contributed by atoms with Gasteiger partial charge in [-0.15, -0.1) is 10.2 Å². The quantitative estimate of drug-likeness (QED) is 0.365. The lowest BCUT2D eigenvalue weighted by Crippen LogP contribution is -2.10. The summed E-state index contributed by atoms with van der Waals surface area (Å²) in [6.45, 7) is 10.6. The van der Waals surface area contributed by atoms with Crippen LogP contribution in [0, 0.1) is 13.8 Å². The molecular formula is C24H26N4OS. The fourth-order valence-corrected chi connectivity index (χ4v) is 4.43. The average molecular weight is 419 g/mol. The Bertz CT molecular complexity index is 1120. The van der Waals surface area contributed by atoms with Crippen LogP contribution in [0.4, 0.5) is 0 Å². The number of thioether (sulfide) groups is 1. The van der Waals surface area contributed by atoms with Crippen molar-refractivity contribution in [1.29, 1.82) is 0 Å². The molecule has 2 aromatic carbocycles. The van der Waals surface area contributed by atoms with Crippen molar-refractivity contribution in [2.45, 2.75) is 50.9 Å². The Kier molecular flexibility index (Phi) is 5.52. The van der Waals surface area contributed by atoms with Gasteiger partial charge in [-0.2, -0.15) is 0 Å². The van der Waals surface area contributed by atoms with Crippen molar-refractivity contribution in [3.63, 3.8) is 0 Å². The van der Waals surface area contributed by atoms with Crippen LogP contribution in [0.15, 0.2) is 64.3 Å². The summed E-state index contributed by atoms with van der Waals surface area (Å²) in [6.07, 6.45) is 0. The summed E-state index contributed by atoms with van der Waals surface area (Å²) in [4.78, 5) is 0. The lowest BCUT2D eigenvalue weighted by Gasteiger charge is -2.19. The Morgan fingerprint density at radius 1 is 0.933 bits per heavy atom. The Balaban J connectivity index is 1.73. The fraction of sp³-hybridized carbons (Fsp3) is 0.292. The number of aryl methyl sites for hydroxylation is 2. The number of hydrogen-bond acceptors (Lipinski definition) is 5. The highest BCUT2D eigenvalue weighted by Gasteiger charge is 2.19. The maximum atomic E-state index is 5.31. The number of nitrogens with zero attached hydrogens (tertiary/aromatic N) is 4. The van der Waals surface area contributed by atoms with Gasteiger partial charge in [0.1, 0.15) is 5.76 Å². The number of benzene rings is 2. The van der Waals surface area contributed by atoms with Gasteiger partial charge < -0.3 is 4.52 Å². The molecule has 0 unspecified atom stereocenters. The van der Waals surface area contributed by atoms with Crippen molar-refractivity contribution in [2.24, 2.45) is 0 Å². The maximum Gasteiger partial charge on any atom is 0.196 e. The molecule has 6 heteroatoms. The normalized spacial score (nSPS) is 11.8. The zero-order valence-corrected chi connectivity index (χ0v) is 18.8. The van der Waals surface area contributed by atoms with Gasteiger partial charge in [-0.3, -0.25) is 4.57 Å². The van der Waals surface area contributed by atoms with Gasteiger partial charge in [-0.1, -0.05) is 80.2 Å². The van der Waals surface area contributed by atoms with Crippen molar-refractivity contribution in [2.75, 3.05) is 0 Å². The molecule has 0 aliphatic rings. The van der Waals surface area contributed by atoms with Gasteiger partial charge in [-0.05, 0) is 37.0 Å². The molecule has 0 atom stereocenters. The zero-order valence-electron chi connectivity index (χ0n) is 18.0. The SMILES string of the molecule is Cc1noc(C)c1CSc1nnc(-c2ccc(C(C)(C)C)cc2)n1-c1ccccc1. The van der Waals surface area contributed by atoms with Crippen LogP contribution >= 0.6 is 11.8 Å². The molecule has 0 spiro atoms. The van der Waals surface area contributed by atoms with Crippen LogP contribution < -0.4 is 0 Å². The first-order chi connectivity index (χ1) is 14.3. The van der Waals surface area contributed by atoms with Crippen LogP contribution in [-0.4, -0.2) is 19.9 Å². The van der Waals surface area contributed by atoms with E-state index in [0.717, 1.165) is 45.0 Å². The molecular weight excluding hydrogens is 392 g/mol. The third kappa shape index (κ3) is 4.05. The van der Waals surface area contributed by atoms with Crippen LogP contribution in [0.2, 0.25) is 0 Å². The van der Waals surface area contributed by atoms with Crippen LogP contribution in [0.1, 0.15) is 43.4 Å². The minimum absolute atomic E-state index is 0.112. The average Bonchev–Trinajstić information content (AvgIpc) is 3.29. The van der Waals surface area contributed by atoms with Crippen LogP contribution in [0.5, 0.6) is 0 Å². The molecule has 4 rings (SSSR count). The van der Waals surface area contributed by atoms with E-state index in [2.05, 4.69) is 77.1 Å². The maximum absolute atomic E-state index is 5.31.